The summed E-state index contributed by atoms with van der Waals surface area (Å²) in [5, 5.41) is 2.94. The molecule has 0 saturated heterocycles. The molecule has 0 amide bonds. The lowest BCUT2D eigenvalue weighted by molar-refractivity contribution is 0.500. The van der Waals surface area contributed by atoms with Crippen molar-refractivity contribution in [3.63, 3.8) is 0 Å². The summed E-state index contributed by atoms with van der Waals surface area (Å²) in [5.41, 5.74) is 2.45. The molecule has 0 aromatic heterocycles. The lowest BCUT2D eigenvalue weighted by Gasteiger charge is -2.26. The van der Waals surface area contributed by atoms with Gasteiger partial charge in [0.2, 0.25) is 0 Å². The number of rotatable bonds is 4. The predicted octanol–water partition coefficient (Wildman–Crippen LogP) is 2.48. The van der Waals surface area contributed by atoms with Gasteiger partial charge in [0, 0.05) is 6.04 Å². The summed E-state index contributed by atoms with van der Waals surface area (Å²) in [6.07, 6.45) is 3.37. The monoisotopic (exact) mass is 281 g/mol. The number of aryl methyl sites for hydroxylation is 1. The fraction of sp³-hybridized carbons (Fsp3) is 0.600. The largest absolute Gasteiger partial charge is 0.312 e. The fourth-order valence-corrected chi connectivity index (χ4v) is 5.19. The molecule has 0 saturated carbocycles. The van der Waals surface area contributed by atoms with Crippen molar-refractivity contribution in [2.45, 2.75) is 43.9 Å². The van der Waals surface area contributed by atoms with Crippen molar-refractivity contribution >= 4 is 9.84 Å². The Bertz CT molecular complexity index is 525. The first-order valence-corrected chi connectivity index (χ1v) is 8.78. The minimum atomic E-state index is -3.02. The number of nitrogens with one attached hydrogen (secondary N) is 1. The second kappa shape index (κ2) is 6.06. The minimum absolute atomic E-state index is 0.0738. The zero-order valence-corrected chi connectivity index (χ0v) is 12.5. The summed E-state index contributed by atoms with van der Waals surface area (Å²) in [7, 11) is -1.16. The Morgan fingerprint density at radius 2 is 2.05 bits per heavy atom. The van der Waals surface area contributed by atoms with Crippen LogP contribution in [0.15, 0.2) is 24.3 Å². The molecule has 19 heavy (non-hydrogen) atoms. The van der Waals surface area contributed by atoms with Gasteiger partial charge in [0.05, 0.1) is 11.0 Å². The SMILES string of the molecule is CCCS(=O)(=O)C1CCCc2ccccc2C1NC. The van der Waals surface area contributed by atoms with E-state index in [-0.39, 0.29) is 17.0 Å². The van der Waals surface area contributed by atoms with E-state index in [4.69, 9.17) is 0 Å². The highest BCUT2D eigenvalue weighted by Crippen LogP contribution is 2.33. The maximum atomic E-state index is 12.5. The van der Waals surface area contributed by atoms with E-state index < -0.39 is 9.84 Å². The summed E-state index contributed by atoms with van der Waals surface area (Å²) in [4.78, 5) is 0. The van der Waals surface area contributed by atoms with Gasteiger partial charge in [0.25, 0.3) is 0 Å². The van der Waals surface area contributed by atoms with Crippen LogP contribution in [0, 0.1) is 0 Å². The third kappa shape index (κ3) is 3.00. The van der Waals surface area contributed by atoms with Crippen LogP contribution in [0.1, 0.15) is 43.4 Å². The Morgan fingerprint density at radius 3 is 2.74 bits per heavy atom. The van der Waals surface area contributed by atoms with Crippen LogP contribution in [0.25, 0.3) is 0 Å². The van der Waals surface area contributed by atoms with Crippen LogP contribution in [-0.4, -0.2) is 26.5 Å². The first-order valence-electron chi connectivity index (χ1n) is 7.06. The van der Waals surface area contributed by atoms with E-state index >= 15 is 0 Å². The first kappa shape index (κ1) is 14.5. The van der Waals surface area contributed by atoms with E-state index in [0.717, 1.165) is 24.8 Å². The maximum Gasteiger partial charge on any atom is 0.155 e. The van der Waals surface area contributed by atoms with Gasteiger partial charge in [-0.3, -0.25) is 0 Å². The van der Waals surface area contributed by atoms with Gasteiger partial charge >= 0.3 is 0 Å². The molecule has 1 aliphatic carbocycles. The molecule has 0 bridgehead atoms. The van der Waals surface area contributed by atoms with Gasteiger partial charge in [-0.1, -0.05) is 31.2 Å². The van der Waals surface area contributed by atoms with Gasteiger partial charge in [-0.25, -0.2) is 8.42 Å². The van der Waals surface area contributed by atoms with Gasteiger partial charge in [0.15, 0.2) is 9.84 Å². The minimum Gasteiger partial charge on any atom is -0.312 e. The molecule has 1 aromatic rings. The average Bonchev–Trinajstić information content (AvgIpc) is 2.57. The van der Waals surface area contributed by atoms with Crippen molar-refractivity contribution in [1.29, 1.82) is 0 Å². The molecule has 2 rings (SSSR count). The molecule has 2 unspecified atom stereocenters. The molecule has 0 spiro atoms. The Hall–Kier alpha value is -0.870. The number of hydrogen-bond donors (Lipinski definition) is 1. The molecule has 4 heteroatoms. The second-order valence-corrected chi connectivity index (χ2v) is 7.60. The van der Waals surface area contributed by atoms with Crippen molar-refractivity contribution in [3.8, 4) is 0 Å². The lowest BCUT2D eigenvalue weighted by atomic mass is 9.99. The van der Waals surface area contributed by atoms with E-state index in [1.165, 1.54) is 5.56 Å². The lowest BCUT2D eigenvalue weighted by Crippen LogP contribution is -2.36. The Labute approximate surface area is 116 Å². The van der Waals surface area contributed by atoms with Crippen molar-refractivity contribution in [3.05, 3.63) is 35.4 Å². The first-order chi connectivity index (χ1) is 9.10. The van der Waals surface area contributed by atoms with Crippen LogP contribution in [0.4, 0.5) is 0 Å². The highest BCUT2D eigenvalue weighted by Gasteiger charge is 2.35. The molecule has 0 radical (unpaired) electrons. The highest BCUT2D eigenvalue weighted by atomic mass is 32.2. The molecule has 106 valence electrons. The van der Waals surface area contributed by atoms with Crippen molar-refractivity contribution in [1.82, 2.24) is 5.32 Å². The third-order valence-electron chi connectivity index (χ3n) is 3.96. The predicted molar refractivity (Wildman–Crippen MR) is 79.0 cm³/mol. The molecule has 3 nitrogen and oxygen atoms in total. The van der Waals surface area contributed by atoms with Gasteiger partial charge < -0.3 is 5.32 Å². The molecule has 0 heterocycles. The summed E-state index contributed by atoms with van der Waals surface area (Å²) >= 11 is 0. The standard InChI is InChI=1S/C15H23NO2S/c1-3-11-19(17,18)14-10-6-8-12-7-4-5-9-13(12)15(14)16-2/h4-5,7,9,14-16H,3,6,8,10-11H2,1-2H3. The zero-order chi connectivity index (χ0) is 13.9. The summed E-state index contributed by atoms with van der Waals surface area (Å²) in [5.74, 6) is 0.290. The Morgan fingerprint density at radius 1 is 1.32 bits per heavy atom. The van der Waals surface area contributed by atoms with Gasteiger partial charge in [-0.2, -0.15) is 0 Å². The van der Waals surface area contributed by atoms with E-state index in [9.17, 15) is 8.42 Å². The molecule has 1 aliphatic rings. The zero-order valence-electron chi connectivity index (χ0n) is 11.7. The van der Waals surface area contributed by atoms with Gasteiger partial charge in [-0.15, -0.1) is 0 Å². The topological polar surface area (TPSA) is 46.2 Å². The van der Waals surface area contributed by atoms with Crippen LogP contribution in [-0.2, 0) is 16.3 Å². The van der Waals surface area contributed by atoms with Crippen LogP contribution >= 0.6 is 0 Å². The second-order valence-electron chi connectivity index (χ2n) is 5.26. The summed E-state index contributed by atoms with van der Waals surface area (Å²) in [6, 6.07) is 8.14. The van der Waals surface area contributed by atoms with Crippen LogP contribution < -0.4 is 5.32 Å². The number of benzene rings is 1. The van der Waals surface area contributed by atoms with E-state index in [2.05, 4.69) is 17.4 Å². The molecule has 0 aliphatic heterocycles. The fourth-order valence-electron chi connectivity index (χ4n) is 3.09. The smallest absolute Gasteiger partial charge is 0.155 e. The molecule has 1 aromatic carbocycles. The molecule has 0 fully saturated rings. The summed E-state index contributed by atoms with van der Waals surface area (Å²) in [6.45, 7) is 1.93. The van der Waals surface area contributed by atoms with Crippen LogP contribution in [0.3, 0.4) is 0 Å². The van der Waals surface area contributed by atoms with Crippen LogP contribution in [0.5, 0.6) is 0 Å². The third-order valence-corrected chi connectivity index (χ3v) is 6.37. The highest BCUT2D eigenvalue weighted by molar-refractivity contribution is 7.92. The van der Waals surface area contributed by atoms with E-state index in [1.54, 1.807) is 0 Å². The number of hydrogen-bond acceptors (Lipinski definition) is 3. The number of sulfone groups is 1. The molecule has 2 atom stereocenters. The quantitative estimate of drug-likeness (QED) is 0.862. The van der Waals surface area contributed by atoms with Crippen molar-refractivity contribution in [2.75, 3.05) is 12.8 Å². The van der Waals surface area contributed by atoms with Crippen LogP contribution in [0.2, 0.25) is 0 Å². The van der Waals surface area contributed by atoms with E-state index in [0.29, 0.717) is 6.42 Å². The molecular formula is C15H23NO2S. The normalized spacial score (nSPS) is 23.7. The molecule has 1 N–H and O–H groups in total. The summed E-state index contributed by atoms with van der Waals surface area (Å²) < 4.78 is 25.0. The Kier molecular flexibility index (Phi) is 4.63. The molecular weight excluding hydrogens is 258 g/mol. The van der Waals surface area contributed by atoms with Gasteiger partial charge in [0.1, 0.15) is 0 Å². The van der Waals surface area contributed by atoms with E-state index in [1.807, 2.05) is 26.1 Å². The maximum absolute atomic E-state index is 12.5. The average molecular weight is 281 g/mol. The number of fused-ring (bicyclic) bond motifs is 1. The Balaban J connectivity index is 2.42. The van der Waals surface area contributed by atoms with Gasteiger partial charge in [-0.05, 0) is 43.9 Å². The van der Waals surface area contributed by atoms with Crippen molar-refractivity contribution < 1.29 is 8.42 Å². The van der Waals surface area contributed by atoms with Crippen molar-refractivity contribution in [2.24, 2.45) is 0 Å².